The minimum atomic E-state index is -0.314. The van der Waals surface area contributed by atoms with Crippen LogP contribution in [0.3, 0.4) is 0 Å². The molecule has 0 N–H and O–H groups in total. The van der Waals surface area contributed by atoms with E-state index in [1.54, 1.807) is 7.11 Å². The van der Waals surface area contributed by atoms with Gasteiger partial charge in [-0.2, -0.15) is 0 Å². The van der Waals surface area contributed by atoms with Crippen molar-refractivity contribution < 1.29 is 6.11 Å². The van der Waals surface area contributed by atoms with Crippen molar-refractivity contribution in [2.75, 3.05) is 21.2 Å². The molecule has 2 atom stereocenters. The number of benzene rings is 1. The van der Waals surface area contributed by atoms with Crippen molar-refractivity contribution in [2.24, 2.45) is 0 Å². The third-order valence-corrected chi connectivity index (χ3v) is 3.12. The molecule has 3 heteroatoms. The van der Waals surface area contributed by atoms with Crippen molar-refractivity contribution in [3.63, 3.8) is 0 Å². The maximum absolute atomic E-state index is 8.34. The molecule has 0 fully saturated rings. The van der Waals surface area contributed by atoms with Gasteiger partial charge in [0.25, 0.3) is 0 Å². The highest BCUT2D eigenvalue weighted by atomic mass is 16.5. The number of hydrogen-bond donors (Lipinski definition) is 0. The summed E-state index contributed by atoms with van der Waals surface area (Å²) in [4.78, 5) is 2.06. The molecule has 1 aromatic carbocycles. The molecule has 0 aliphatic heterocycles. The Balaban J connectivity index is 2.40. The second kappa shape index (κ2) is 4.80. The molecule has 1 heterocycles. The second-order valence-corrected chi connectivity index (χ2v) is 4.50. The van der Waals surface area contributed by atoms with E-state index in [0.29, 0.717) is 0 Å². The van der Waals surface area contributed by atoms with E-state index in [-0.39, 0.29) is 12.6 Å². The monoisotopic (exact) mass is 233 g/mol. The number of ether oxygens (including phenoxy) is 1. The summed E-state index contributed by atoms with van der Waals surface area (Å²) in [6.07, 6.45) is 1.97. The minimum Gasteiger partial charge on any atom is -0.497 e. The van der Waals surface area contributed by atoms with Crippen LogP contribution in [0.1, 0.15) is 8.29 Å². The second-order valence-electron chi connectivity index (χ2n) is 4.50. The maximum Gasteiger partial charge on any atom is 0.119 e. The molecule has 3 nitrogen and oxygen atoms in total. The van der Waals surface area contributed by atoms with Crippen molar-refractivity contribution in [1.29, 1.82) is 0 Å². The van der Waals surface area contributed by atoms with Gasteiger partial charge in [0.15, 0.2) is 0 Å². The molecular formula is C14H20N2O. The van der Waals surface area contributed by atoms with Crippen LogP contribution in [0.5, 0.6) is 5.75 Å². The third kappa shape index (κ3) is 2.44. The molecule has 2 rings (SSSR count). The summed E-state index contributed by atoms with van der Waals surface area (Å²) in [5, 5.41) is 1.11. The largest absolute Gasteiger partial charge is 0.497 e. The number of nitrogens with zero attached hydrogens (tertiary/aromatic N) is 2. The molecule has 0 aliphatic rings. The lowest BCUT2D eigenvalue weighted by Crippen LogP contribution is -2.28. The van der Waals surface area contributed by atoms with Crippen molar-refractivity contribution in [3.8, 4) is 5.75 Å². The van der Waals surface area contributed by atoms with Gasteiger partial charge < -0.3 is 14.2 Å². The van der Waals surface area contributed by atoms with Gasteiger partial charge in [-0.15, -0.1) is 0 Å². The van der Waals surface area contributed by atoms with Crippen LogP contribution in [0.4, 0.5) is 0 Å². The molecule has 0 bridgehead atoms. The molecule has 0 unspecified atom stereocenters. The van der Waals surface area contributed by atoms with Crippen LogP contribution < -0.4 is 4.74 Å². The first kappa shape index (κ1) is 10.7. The average molecular weight is 233 g/mol. The van der Waals surface area contributed by atoms with Crippen molar-refractivity contribution >= 4 is 10.9 Å². The van der Waals surface area contributed by atoms with Gasteiger partial charge in [-0.25, -0.2) is 0 Å². The van der Waals surface area contributed by atoms with Gasteiger partial charge in [-0.05, 0) is 45.3 Å². The van der Waals surface area contributed by atoms with E-state index >= 15 is 0 Å². The average Bonchev–Trinajstić information content (AvgIpc) is 2.79. The Labute approximate surface area is 104 Å². The topological polar surface area (TPSA) is 17.4 Å². The van der Waals surface area contributed by atoms with Crippen LogP contribution in [-0.2, 0) is 6.52 Å². The van der Waals surface area contributed by atoms with Gasteiger partial charge in [-0.3, -0.25) is 0 Å². The van der Waals surface area contributed by atoms with E-state index in [9.17, 15) is 0 Å². The van der Waals surface area contributed by atoms with Gasteiger partial charge in [0.1, 0.15) is 5.75 Å². The number of aromatic nitrogens is 1. The zero-order valence-corrected chi connectivity index (χ0v) is 10.8. The highest BCUT2D eigenvalue weighted by Crippen LogP contribution is 2.22. The van der Waals surface area contributed by atoms with Gasteiger partial charge in [0, 0.05) is 29.7 Å². The Morgan fingerprint density at radius 2 is 2.18 bits per heavy atom. The molecule has 0 radical (unpaired) electrons. The number of methoxy groups -OCH3 is 1. The summed E-state index contributed by atoms with van der Waals surface area (Å²) >= 11 is 0. The van der Waals surface area contributed by atoms with E-state index in [1.165, 1.54) is 0 Å². The Morgan fingerprint density at radius 3 is 2.82 bits per heavy atom. The lowest BCUT2D eigenvalue weighted by Gasteiger charge is -2.20. The Kier molecular flexibility index (Phi) is 3.01. The van der Waals surface area contributed by atoms with E-state index in [2.05, 4.69) is 11.8 Å². The summed E-state index contributed by atoms with van der Waals surface area (Å²) in [7, 11) is 5.67. The standard InChI is InChI=1S/C14H20N2O/c1-11(15(2)3)10-16-8-7-12-9-13(17-4)5-6-14(12)16/h5-9,11H,10H2,1-4H3/t11-/m1/s1/i10D/t10-,11+/m0. The molecule has 0 saturated carbocycles. The lowest BCUT2D eigenvalue weighted by molar-refractivity contribution is 0.286. The lowest BCUT2D eigenvalue weighted by atomic mass is 10.2. The predicted molar refractivity (Wildman–Crippen MR) is 71.6 cm³/mol. The maximum atomic E-state index is 8.34. The molecule has 0 amide bonds. The number of rotatable bonds is 4. The Morgan fingerprint density at radius 1 is 1.41 bits per heavy atom. The third-order valence-electron chi connectivity index (χ3n) is 3.12. The summed E-state index contributed by atoms with van der Waals surface area (Å²) in [5.74, 6) is 0.849. The summed E-state index contributed by atoms with van der Waals surface area (Å²) in [6, 6.07) is 8.13. The van der Waals surface area contributed by atoms with Gasteiger partial charge >= 0.3 is 0 Å². The first-order chi connectivity index (χ1) is 8.54. The highest BCUT2D eigenvalue weighted by molar-refractivity contribution is 5.81. The smallest absolute Gasteiger partial charge is 0.119 e. The van der Waals surface area contributed by atoms with Crippen molar-refractivity contribution in [2.45, 2.75) is 19.5 Å². The van der Waals surface area contributed by atoms with Gasteiger partial charge in [0.2, 0.25) is 0 Å². The van der Waals surface area contributed by atoms with Crippen LogP contribution in [0.2, 0.25) is 0 Å². The molecule has 92 valence electrons. The summed E-state index contributed by atoms with van der Waals surface area (Å²) in [6.45, 7) is 1.75. The fourth-order valence-electron chi connectivity index (χ4n) is 1.76. The molecular weight excluding hydrogens is 212 g/mol. The SMILES string of the molecule is [2H][C@@H]([C@@H](C)N(C)C)n1ccc2cc(OC)ccc21. The normalized spacial score (nSPS) is 15.9. The van der Waals surface area contributed by atoms with Crippen molar-refractivity contribution in [1.82, 2.24) is 9.47 Å². The van der Waals surface area contributed by atoms with Crippen LogP contribution in [0.25, 0.3) is 10.9 Å². The van der Waals surface area contributed by atoms with Crippen molar-refractivity contribution in [3.05, 3.63) is 30.5 Å². The highest BCUT2D eigenvalue weighted by Gasteiger charge is 2.08. The van der Waals surface area contributed by atoms with Gasteiger partial charge in [-0.1, -0.05) is 0 Å². The molecule has 2 aromatic rings. The minimum absolute atomic E-state index is 0.155. The zero-order chi connectivity index (χ0) is 13.3. The van der Waals surface area contributed by atoms with Crippen LogP contribution in [0.15, 0.2) is 30.5 Å². The molecule has 0 saturated heterocycles. The van der Waals surface area contributed by atoms with E-state index < -0.39 is 0 Å². The fourth-order valence-corrected chi connectivity index (χ4v) is 1.76. The quantitative estimate of drug-likeness (QED) is 0.807. The predicted octanol–water partition coefficient (Wildman–Crippen LogP) is 2.60. The fraction of sp³-hybridized carbons (Fsp3) is 0.429. The van der Waals surface area contributed by atoms with Crippen LogP contribution in [0, 0.1) is 0 Å². The number of hydrogen-bond acceptors (Lipinski definition) is 2. The first-order valence-corrected chi connectivity index (χ1v) is 5.78. The number of fused-ring (bicyclic) bond motifs is 1. The van der Waals surface area contributed by atoms with Crippen LogP contribution >= 0.6 is 0 Å². The zero-order valence-electron chi connectivity index (χ0n) is 11.8. The van der Waals surface area contributed by atoms with Gasteiger partial charge in [0.05, 0.1) is 8.48 Å². The summed E-state index contributed by atoms with van der Waals surface area (Å²) in [5.41, 5.74) is 1.07. The molecule has 1 aromatic heterocycles. The summed E-state index contributed by atoms with van der Waals surface area (Å²) < 4.78 is 15.5. The first-order valence-electron chi connectivity index (χ1n) is 6.35. The number of likely N-dealkylation sites (N-methyl/N-ethyl adjacent to an activating group) is 1. The molecule has 0 aliphatic carbocycles. The Bertz CT molecular complexity index is 536. The van der Waals surface area contributed by atoms with E-state index in [1.807, 2.05) is 49.1 Å². The Hall–Kier alpha value is -1.48. The van der Waals surface area contributed by atoms with Crippen LogP contribution in [-0.4, -0.2) is 36.7 Å². The molecule has 17 heavy (non-hydrogen) atoms. The molecule has 0 spiro atoms. The van der Waals surface area contributed by atoms with E-state index in [0.717, 1.165) is 16.7 Å². The van der Waals surface area contributed by atoms with E-state index in [4.69, 9.17) is 6.11 Å².